The van der Waals surface area contributed by atoms with E-state index in [2.05, 4.69) is 5.92 Å². The minimum atomic E-state index is -0.137. The summed E-state index contributed by atoms with van der Waals surface area (Å²) in [6.45, 7) is 0.160. The first-order chi connectivity index (χ1) is 6.78. The van der Waals surface area contributed by atoms with Gasteiger partial charge in [0.05, 0.1) is 0 Å². The molecule has 0 radical (unpaired) electrons. The van der Waals surface area contributed by atoms with Crippen LogP contribution in [0, 0.1) is 18.3 Å². The molecule has 82 valence electrons. The molecule has 0 saturated carbocycles. The van der Waals surface area contributed by atoms with Gasteiger partial charge in [-0.2, -0.15) is 0 Å². The normalized spacial score (nSPS) is 12.8. The van der Waals surface area contributed by atoms with Gasteiger partial charge in [0.25, 0.3) is 0 Å². The van der Waals surface area contributed by atoms with E-state index in [1.165, 1.54) is 0 Å². The maximum atomic E-state index is 8.72. The van der Waals surface area contributed by atoms with Crippen LogP contribution in [0.15, 0.2) is 0 Å². The molecule has 0 spiro atoms. The molecule has 0 heterocycles. The third kappa shape index (κ3) is 5.98. The highest BCUT2D eigenvalue weighted by Crippen LogP contribution is 2.13. The maximum absolute atomic E-state index is 8.72. The van der Waals surface area contributed by atoms with Gasteiger partial charge in [0, 0.05) is 26.7 Å². The average molecular weight is 200 g/mol. The van der Waals surface area contributed by atoms with Gasteiger partial charge in [0.1, 0.15) is 0 Å². The summed E-state index contributed by atoms with van der Waals surface area (Å²) in [5.74, 6) is 2.85. The third-order valence-electron chi connectivity index (χ3n) is 2.23. The summed E-state index contributed by atoms with van der Waals surface area (Å²) in [7, 11) is 3.25. The number of terminal acetylenes is 1. The topological polar surface area (TPSA) is 38.7 Å². The number of methoxy groups -OCH3 is 2. The van der Waals surface area contributed by atoms with Gasteiger partial charge in [0.15, 0.2) is 6.29 Å². The van der Waals surface area contributed by atoms with Crippen molar-refractivity contribution >= 4 is 0 Å². The van der Waals surface area contributed by atoms with Crippen molar-refractivity contribution in [2.75, 3.05) is 20.8 Å². The molecule has 1 unspecified atom stereocenters. The van der Waals surface area contributed by atoms with Gasteiger partial charge in [-0.05, 0) is 25.7 Å². The zero-order valence-electron chi connectivity index (χ0n) is 9.03. The molecule has 0 amide bonds. The lowest BCUT2D eigenvalue weighted by molar-refractivity contribution is -0.107. The van der Waals surface area contributed by atoms with Crippen LogP contribution >= 0.6 is 0 Å². The van der Waals surface area contributed by atoms with Gasteiger partial charge in [0.2, 0.25) is 0 Å². The maximum Gasteiger partial charge on any atom is 0.156 e. The molecule has 0 saturated heterocycles. The van der Waals surface area contributed by atoms with Gasteiger partial charge in [-0.3, -0.25) is 0 Å². The van der Waals surface area contributed by atoms with Crippen LogP contribution in [-0.4, -0.2) is 32.2 Å². The monoisotopic (exact) mass is 200 g/mol. The SMILES string of the molecule is C#CC(CCO)CCCC(OC)OC. The Kier molecular flexibility index (Phi) is 8.65. The second kappa shape index (κ2) is 9.01. The Bertz CT molecular complexity index is 158. The summed E-state index contributed by atoms with van der Waals surface area (Å²) in [4.78, 5) is 0. The molecule has 0 fully saturated rings. The fourth-order valence-electron chi connectivity index (χ4n) is 1.33. The quantitative estimate of drug-likeness (QED) is 0.475. The molecule has 1 atom stereocenters. The van der Waals surface area contributed by atoms with Crippen LogP contribution in [0.3, 0.4) is 0 Å². The highest BCUT2D eigenvalue weighted by molar-refractivity contribution is 4.92. The molecule has 0 aromatic rings. The zero-order chi connectivity index (χ0) is 10.8. The summed E-state index contributed by atoms with van der Waals surface area (Å²) >= 11 is 0. The molecule has 0 aromatic carbocycles. The lowest BCUT2D eigenvalue weighted by atomic mass is 10.00. The highest BCUT2D eigenvalue weighted by Gasteiger charge is 2.08. The predicted octanol–water partition coefficient (Wildman–Crippen LogP) is 1.41. The lowest BCUT2D eigenvalue weighted by Gasteiger charge is -2.14. The Morgan fingerprint density at radius 2 is 1.86 bits per heavy atom. The van der Waals surface area contributed by atoms with Crippen molar-refractivity contribution in [1.82, 2.24) is 0 Å². The number of hydrogen-bond acceptors (Lipinski definition) is 3. The van der Waals surface area contributed by atoms with E-state index in [4.69, 9.17) is 21.0 Å². The number of rotatable bonds is 8. The largest absolute Gasteiger partial charge is 0.396 e. The van der Waals surface area contributed by atoms with E-state index in [1.54, 1.807) is 14.2 Å². The Labute approximate surface area is 86.4 Å². The van der Waals surface area contributed by atoms with Crippen molar-refractivity contribution in [3.8, 4) is 12.3 Å². The van der Waals surface area contributed by atoms with Crippen LogP contribution in [0.25, 0.3) is 0 Å². The fraction of sp³-hybridized carbons (Fsp3) is 0.818. The van der Waals surface area contributed by atoms with Gasteiger partial charge in [-0.1, -0.05) is 0 Å². The van der Waals surface area contributed by atoms with Crippen molar-refractivity contribution in [3.05, 3.63) is 0 Å². The van der Waals surface area contributed by atoms with Crippen LogP contribution in [0.5, 0.6) is 0 Å². The molecule has 14 heavy (non-hydrogen) atoms. The van der Waals surface area contributed by atoms with Crippen LogP contribution in [0.1, 0.15) is 25.7 Å². The zero-order valence-corrected chi connectivity index (χ0v) is 9.03. The van der Waals surface area contributed by atoms with Crippen LogP contribution in [-0.2, 0) is 9.47 Å². The first-order valence-corrected chi connectivity index (χ1v) is 4.91. The summed E-state index contributed by atoms with van der Waals surface area (Å²) in [6, 6.07) is 0. The molecule has 0 aromatic heterocycles. The fourth-order valence-corrected chi connectivity index (χ4v) is 1.33. The van der Waals surface area contributed by atoms with E-state index < -0.39 is 0 Å². The number of ether oxygens (including phenoxy) is 2. The van der Waals surface area contributed by atoms with Gasteiger partial charge in [-0.15, -0.1) is 12.3 Å². The molecule has 3 heteroatoms. The summed E-state index contributed by atoms with van der Waals surface area (Å²) in [5.41, 5.74) is 0. The van der Waals surface area contributed by atoms with E-state index in [0.29, 0.717) is 6.42 Å². The minimum Gasteiger partial charge on any atom is -0.396 e. The molecule has 3 nitrogen and oxygen atoms in total. The number of aliphatic hydroxyl groups is 1. The van der Waals surface area contributed by atoms with Gasteiger partial charge in [-0.25, -0.2) is 0 Å². The Hall–Kier alpha value is -0.560. The number of aliphatic hydroxyl groups excluding tert-OH is 1. The molecule has 0 bridgehead atoms. The first kappa shape index (κ1) is 13.4. The van der Waals surface area contributed by atoms with Gasteiger partial charge < -0.3 is 14.6 Å². The van der Waals surface area contributed by atoms with Gasteiger partial charge >= 0.3 is 0 Å². The van der Waals surface area contributed by atoms with Crippen LogP contribution in [0.2, 0.25) is 0 Å². The standard InChI is InChI=1S/C11H20O3/c1-4-10(8-9-12)6-5-7-11(13-2)14-3/h1,10-12H,5-9H2,2-3H3. The van der Waals surface area contributed by atoms with Crippen LogP contribution < -0.4 is 0 Å². The molecule has 0 aliphatic heterocycles. The number of hydrogen-bond donors (Lipinski definition) is 1. The average Bonchev–Trinajstić information content (AvgIpc) is 2.23. The highest BCUT2D eigenvalue weighted by atomic mass is 16.7. The Morgan fingerprint density at radius 3 is 2.29 bits per heavy atom. The summed E-state index contributed by atoms with van der Waals surface area (Å²) in [6.07, 6.45) is 8.58. The molecule has 0 aliphatic carbocycles. The second-order valence-electron chi connectivity index (χ2n) is 3.21. The predicted molar refractivity (Wildman–Crippen MR) is 55.7 cm³/mol. The first-order valence-electron chi connectivity index (χ1n) is 4.91. The van der Waals surface area contributed by atoms with E-state index in [9.17, 15) is 0 Å². The van der Waals surface area contributed by atoms with Crippen molar-refractivity contribution in [3.63, 3.8) is 0 Å². The smallest absolute Gasteiger partial charge is 0.156 e. The van der Waals surface area contributed by atoms with E-state index in [-0.39, 0.29) is 18.8 Å². The summed E-state index contributed by atoms with van der Waals surface area (Å²) in [5, 5.41) is 8.72. The van der Waals surface area contributed by atoms with Crippen molar-refractivity contribution in [1.29, 1.82) is 0 Å². The third-order valence-corrected chi connectivity index (χ3v) is 2.23. The van der Waals surface area contributed by atoms with E-state index in [0.717, 1.165) is 19.3 Å². The molecular formula is C11H20O3. The van der Waals surface area contributed by atoms with E-state index in [1.807, 2.05) is 0 Å². The Morgan fingerprint density at radius 1 is 1.21 bits per heavy atom. The molecular weight excluding hydrogens is 180 g/mol. The Balaban J connectivity index is 3.55. The molecule has 0 rings (SSSR count). The van der Waals surface area contributed by atoms with Crippen molar-refractivity contribution in [2.24, 2.45) is 5.92 Å². The van der Waals surface area contributed by atoms with Crippen molar-refractivity contribution < 1.29 is 14.6 Å². The summed E-state index contributed by atoms with van der Waals surface area (Å²) < 4.78 is 10.1. The minimum absolute atomic E-state index is 0.137. The van der Waals surface area contributed by atoms with Crippen molar-refractivity contribution in [2.45, 2.75) is 32.0 Å². The molecule has 1 N–H and O–H groups in total. The lowest BCUT2D eigenvalue weighted by Crippen LogP contribution is -2.13. The molecule has 0 aliphatic rings. The van der Waals surface area contributed by atoms with Crippen LogP contribution in [0.4, 0.5) is 0 Å². The van der Waals surface area contributed by atoms with E-state index >= 15 is 0 Å². The second-order valence-corrected chi connectivity index (χ2v) is 3.21.